The molecule has 0 saturated carbocycles. The molecule has 0 spiro atoms. The van der Waals surface area contributed by atoms with Crippen molar-refractivity contribution in [3.63, 3.8) is 0 Å². The second kappa shape index (κ2) is 3.40. The van der Waals surface area contributed by atoms with Crippen LogP contribution in [0.5, 0.6) is 5.75 Å². The molecule has 2 N–H and O–H groups in total. The van der Waals surface area contributed by atoms with Gasteiger partial charge in [0.15, 0.2) is 5.78 Å². The highest BCUT2D eigenvalue weighted by atomic mass is 32.2. The zero-order chi connectivity index (χ0) is 9.26. The van der Waals surface area contributed by atoms with Gasteiger partial charge >= 0.3 is 0 Å². The number of rotatable bonds is 1. The van der Waals surface area contributed by atoms with Crippen molar-refractivity contribution in [1.29, 1.82) is 0 Å². The van der Waals surface area contributed by atoms with Crippen molar-refractivity contribution in [2.75, 3.05) is 6.61 Å². The van der Waals surface area contributed by atoms with Crippen LogP contribution < -0.4 is 9.88 Å². The Labute approximate surface area is 80.4 Å². The van der Waals surface area contributed by atoms with Gasteiger partial charge in [-0.05, 0) is 12.1 Å². The second-order valence-corrected chi connectivity index (χ2v) is 3.64. The number of Topliss-reactive ketones (excluding diaryl/α,β-unsaturated/α-hetero) is 1. The van der Waals surface area contributed by atoms with Crippen molar-refractivity contribution in [3.8, 4) is 5.75 Å². The lowest BCUT2D eigenvalue weighted by Crippen LogP contribution is -2.31. The summed E-state index contributed by atoms with van der Waals surface area (Å²) in [6, 6.07) is 7.23. The second-order valence-electron chi connectivity index (χ2n) is 2.80. The zero-order valence-electron chi connectivity index (χ0n) is 6.90. The molecule has 1 aromatic carbocycles. The summed E-state index contributed by atoms with van der Waals surface area (Å²) in [6.07, 6.45) is 0. The van der Waals surface area contributed by atoms with Crippen molar-refractivity contribution in [2.45, 2.75) is 5.25 Å². The Morgan fingerprint density at radius 1 is 1.46 bits per heavy atom. The highest BCUT2D eigenvalue weighted by Gasteiger charge is 2.27. The van der Waals surface area contributed by atoms with Gasteiger partial charge in [0, 0.05) is 0 Å². The molecule has 0 bridgehead atoms. The number of fused-ring (bicyclic) bond motifs is 1. The van der Waals surface area contributed by atoms with Crippen LogP contribution in [-0.4, -0.2) is 17.6 Å². The van der Waals surface area contributed by atoms with Crippen LogP contribution in [0, 0.1) is 0 Å². The Bertz CT molecular complexity index is 340. The van der Waals surface area contributed by atoms with Gasteiger partial charge < -0.3 is 4.74 Å². The Balaban J connectivity index is 2.39. The van der Waals surface area contributed by atoms with Crippen LogP contribution in [0.4, 0.5) is 0 Å². The van der Waals surface area contributed by atoms with E-state index in [2.05, 4.69) is 0 Å². The van der Waals surface area contributed by atoms with Gasteiger partial charge in [-0.25, -0.2) is 0 Å². The maximum absolute atomic E-state index is 11.7. The van der Waals surface area contributed by atoms with E-state index in [4.69, 9.17) is 9.88 Å². The van der Waals surface area contributed by atoms with E-state index in [1.165, 1.54) is 0 Å². The third-order valence-corrected chi connectivity index (χ3v) is 2.68. The molecule has 0 amide bonds. The fraction of sp³-hybridized carbons (Fsp3) is 0.222. The lowest BCUT2D eigenvalue weighted by Gasteiger charge is -2.21. The number of carbonyl (C=O) groups excluding carboxylic acids is 1. The highest BCUT2D eigenvalue weighted by molar-refractivity contribution is 7.98. The molecule has 1 aliphatic rings. The molecule has 13 heavy (non-hydrogen) atoms. The first-order valence-electron chi connectivity index (χ1n) is 3.94. The van der Waals surface area contributed by atoms with E-state index >= 15 is 0 Å². The van der Waals surface area contributed by atoms with Crippen LogP contribution in [0.25, 0.3) is 0 Å². The Hall–Kier alpha value is -1.00. The first-order chi connectivity index (χ1) is 6.33. The van der Waals surface area contributed by atoms with Crippen LogP contribution >= 0.6 is 11.9 Å². The van der Waals surface area contributed by atoms with Gasteiger partial charge in [-0.3, -0.25) is 9.93 Å². The highest BCUT2D eigenvalue weighted by Crippen LogP contribution is 2.27. The minimum atomic E-state index is -0.255. The summed E-state index contributed by atoms with van der Waals surface area (Å²) >= 11 is 1.04. The molecule has 3 nitrogen and oxygen atoms in total. The number of hydrogen-bond donors (Lipinski definition) is 1. The van der Waals surface area contributed by atoms with Crippen LogP contribution in [0.3, 0.4) is 0 Å². The van der Waals surface area contributed by atoms with Crippen molar-refractivity contribution >= 4 is 17.7 Å². The minimum absolute atomic E-state index is 0.0642. The van der Waals surface area contributed by atoms with E-state index in [0.717, 1.165) is 11.9 Å². The molecular formula is C9H9NO2S. The van der Waals surface area contributed by atoms with E-state index in [-0.39, 0.29) is 11.0 Å². The van der Waals surface area contributed by atoms with Gasteiger partial charge in [0.1, 0.15) is 17.6 Å². The van der Waals surface area contributed by atoms with E-state index in [0.29, 0.717) is 17.9 Å². The molecule has 0 fully saturated rings. The fourth-order valence-corrected chi connectivity index (χ4v) is 1.71. The smallest absolute Gasteiger partial charge is 0.184 e. The van der Waals surface area contributed by atoms with Gasteiger partial charge in [0.2, 0.25) is 0 Å². The number of hydrogen-bond acceptors (Lipinski definition) is 4. The van der Waals surface area contributed by atoms with Crippen molar-refractivity contribution in [1.82, 2.24) is 0 Å². The summed E-state index contributed by atoms with van der Waals surface area (Å²) in [5.74, 6) is 0.729. The molecule has 0 aromatic heterocycles. The summed E-state index contributed by atoms with van der Waals surface area (Å²) < 4.78 is 5.38. The van der Waals surface area contributed by atoms with E-state index in [1.54, 1.807) is 12.1 Å². The third kappa shape index (κ3) is 1.43. The Kier molecular flexibility index (Phi) is 2.24. The van der Waals surface area contributed by atoms with Gasteiger partial charge in [-0.2, -0.15) is 0 Å². The number of benzene rings is 1. The maximum Gasteiger partial charge on any atom is 0.184 e. The standard InChI is InChI=1S/C9H9NO2S/c10-13-8-5-12-7-4-2-1-3-6(7)9(8)11/h1-4,8H,5,10H2. The van der Waals surface area contributed by atoms with Gasteiger partial charge in [0.05, 0.1) is 5.56 Å². The summed E-state index contributed by atoms with van der Waals surface area (Å²) in [5.41, 5.74) is 0.636. The molecule has 1 atom stereocenters. The molecule has 1 heterocycles. The van der Waals surface area contributed by atoms with Crippen LogP contribution in [0.2, 0.25) is 0 Å². The number of ketones is 1. The van der Waals surface area contributed by atoms with E-state index in [1.807, 2.05) is 12.1 Å². The molecule has 0 radical (unpaired) electrons. The Morgan fingerprint density at radius 2 is 2.23 bits per heavy atom. The fourth-order valence-electron chi connectivity index (χ4n) is 1.31. The summed E-state index contributed by atoms with van der Waals surface area (Å²) in [7, 11) is 0. The molecule has 68 valence electrons. The van der Waals surface area contributed by atoms with Crippen LogP contribution in [0.15, 0.2) is 24.3 Å². The normalized spacial score (nSPS) is 20.7. The molecule has 1 unspecified atom stereocenters. The first kappa shape index (κ1) is 8.59. The number of ether oxygens (including phenoxy) is 1. The van der Waals surface area contributed by atoms with Gasteiger partial charge in [-0.1, -0.05) is 24.1 Å². The Morgan fingerprint density at radius 3 is 3.00 bits per heavy atom. The average Bonchev–Trinajstić information content (AvgIpc) is 2.19. The van der Waals surface area contributed by atoms with Gasteiger partial charge in [0.25, 0.3) is 0 Å². The lowest BCUT2D eigenvalue weighted by atomic mass is 10.1. The summed E-state index contributed by atoms with van der Waals surface area (Å²) in [5, 5.41) is 5.11. The average molecular weight is 195 g/mol. The molecular weight excluding hydrogens is 186 g/mol. The van der Waals surface area contributed by atoms with Gasteiger partial charge in [-0.15, -0.1) is 0 Å². The molecule has 0 saturated heterocycles. The number of nitrogens with two attached hydrogens (primary N) is 1. The number of para-hydroxylation sites is 1. The molecule has 0 aliphatic carbocycles. The zero-order valence-corrected chi connectivity index (χ0v) is 7.71. The third-order valence-electron chi connectivity index (χ3n) is 2.00. The summed E-state index contributed by atoms with van der Waals surface area (Å²) in [4.78, 5) is 11.7. The van der Waals surface area contributed by atoms with E-state index < -0.39 is 0 Å². The predicted octanol–water partition coefficient (Wildman–Crippen LogP) is 1.24. The predicted molar refractivity (Wildman–Crippen MR) is 51.8 cm³/mol. The number of carbonyl (C=O) groups is 1. The van der Waals surface area contributed by atoms with Crippen LogP contribution in [-0.2, 0) is 0 Å². The lowest BCUT2D eigenvalue weighted by molar-refractivity contribution is 0.0943. The topological polar surface area (TPSA) is 52.3 Å². The quantitative estimate of drug-likeness (QED) is 0.685. The molecule has 1 aromatic rings. The largest absolute Gasteiger partial charge is 0.491 e. The molecule has 1 aliphatic heterocycles. The van der Waals surface area contributed by atoms with Crippen LogP contribution in [0.1, 0.15) is 10.4 Å². The molecule has 2 rings (SSSR count). The van der Waals surface area contributed by atoms with Crippen molar-refractivity contribution < 1.29 is 9.53 Å². The molecule has 4 heteroatoms. The van der Waals surface area contributed by atoms with E-state index in [9.17, 15) is 4.79 Å². The first-order valence-corrected chi connectivity index (χ1v) is 4.89. The SMILES string of the molecule is NSC1COc2ccccc2C1=O. The van der Waals surface area contributed by atoms with Crippen molar-refractivity contribution in [3.05, 3.63) is 29.8 Å². The summed E-state index contributed by atoms with van der Waals surface area (Å²) in [6.45, 7) is 0.372. The minimum Gasteiger partial charge on any atom is -0.491 e. The maximum atomic E-state index is 11.7. The monoisotopic (exact) mass is 195 g/mol. The van der Waals surface area contributed by atoms with Crippen molar-refractivity contribution in [2.24, 2.45) is 5.14 Å².